The smallest absolute Gasteiger partial charge is 0.355 e. The molecule has 0 aliphatic rings. The van der Waals surface area contributed by atoms with Crippen molar-refractivity contribution in [3.05, 3.63) is 16.1 Å². The largest absolute Gasteiger partial charge is 0.476 e. The first-order chi connectivity index (χ1) is 9.84. The minimum Gasteiger partial charge on any atom is -0.476 e. The highest BCUT2D eigenvalue weighted by atomic mass is 32.2. The van der Waals surface area contributed by atoms with Crippen molar-refractivity contribution in [1.82, 2.24) is 9.71 Å². The molecule has 1 rings (SSSR count). The van der Waals surface area contributed by atoms with Gasteiger partial charge >= 0.3 is 11.9 Å². The SMILES string of the molecule is COC(=O)CCCS(=O)(=O)NCCc1nc(C(=O)O)cs1. The van der Waals surface area contributed by atoms with E-state index in [1.807, 2.05) is 0 Å². The molecule has 118 valence electrons. The standard InChI is InChI=1S/C11H16N2O6S2/c1-19-10(14)3-2-6-21(17,18)12-5-4-9-13-8(7-20-9)11(15)16/h7,12H,2-6H2,1H3,(H,15,16). The summed E-state index contributed by atoms with van der Waals surface area (Å²) in [4.78, 5) is 25.4. The van der Waals surface area contributed by atoms with Crippen molar-refractivity contribution < 1.29 is 27.9 Å². The number of aromatic carboxylic acids is 1. The molecule has 0 bridgehead atoms. The number of carboxylic acids is 1. The molecule has 21 heavy (non-hydrogen) atoms. The van der Waals surface area contributed by atoms with Crippen LogP contribution in [0, 0.1) is 0 Å². The van der Waals surface area contributed by atoms with E-state index in [9.17, 15) is 18.0 Å². The van der Waals surface area contributed by atoms with Crippen LogP contribution in [-0.2, 0) is 26.0 Å². The van der Waals surface area contributed by atoms with E-state index in [0.29, 0.717) is 11.4 Å². The summed E-state index contributed by atoms with van der Waals surface area (Å²) in [5.74, 6) is -1.73. The fourth-order valence-corrected chi connectivity index (χ4v) is 3.27. The number of esters is 1. The van der Waals surface area contributed by atoms with Gasteiger partial charge in [-0.3, -0.25) is 4.79 Å². The number of nitrogens with one attached hydrogen (secondary N) is 1. The van der Waals surface area contributed by atoms with Gasteiger partial charge in [0.15, 0.2) is 5.69 Å². The summed E-state index contributed by atoms with van der Waals surface area (Å²) in [6.07, 6.45) is 0.544. The summed E-state index contributed by atoms with van der Waals surface area (Å²) in [5, 5.41) is 10.7. The molecule has 1 aromatic heterocycles. The normalized spacial score (nSPS) is 11.3. The fourth-order valence-electron chi connectivity index (χ4n) is 1.42. The molecule has 0 spiro atoms. The molecule has 10 heteroatoms. The summed E-state index contributed by atoms with van der Waals surface area (Å²) in [6.45, 7) is 0.132. The van der Waals surface area contributed by atoms with Gasteiger partial charge < -0.3 is 9.84 Å². The van der Waals surface area contributed by atoms with Crippen LogP contribution >= 0.6 is 11.3 Å². The quantitative estimate of drug-likeness (QED) is 0.620. The Kier molecular flexibility index (Phi) is 6.72. The number of carbonyl (C=O) groups is 2. The third-order valence-electron chi connectivity index (χ3n) is 2.45. The predicted octanol–water partition coefficient (Wildman–Crippen LogP) is 0.256. The number of thiazole rings is 1. The molecule has 0 atom stereocenters. The number of carboxylic acid groups (broad SMARTS) is 1. The van der Waals surface area contributed by atoms with E-state index < -0.39 is 22.0 Å². The Morgan fingerprint density at radius 1 is 1.48 bits per heavy atom. The van der Waals surface area contributed by atoms with Crippen LogP contribution in [0.3, 0.4) is 0 Å². The molecular formula is C11H16N2O6S2. The van der Waals surface area contributed by atoms with E-state index in [-0.39, 0.29) is 30.8 Å². The Balaban J connectivity index is 2.32. The second kappa shape index (κ2) is 8.05. The summed E-state index contributed by atoms with van der Waals surface area (Å²) >= 11 is 1.17. The first kappa shape index (κ1) is 17.5. The van der Waals surface area contributed by atoms with E-state index >= 15 is 0 Å². The van der Waals surface area contributed by atoms with Crippen LogP contribution in [0.4, 0.5) is 0 Å². The number of hydrogen-bond acceptors (Lipinski definition) is 7. The monoisotopic (exact) mass is 336 g/mol. The van der Waals surface area contributed by atoms with Crippen LogP contribution in [-0.4, -0.2) is 49.9 Å². The number of aromatic nitrogens is 1. The zero-order valence-corrected chi connectivity index (χ0v) is 13.0. The van der Waals surface area contributed by atoms with Gasteiger partial charge in [0.25, 0.3) is 0 Å². The second-order valence-electron chi connectivity index (χ2n) is 4.07. The Morgan fingerprint density at radius 2 is 2.19 bits per heavy atom. The number of ether oxygens (including phenoxy) is 1. The number of carbonyl (C=O) groups excluding carboxylic acids is 1. The van der Waals surface area contributed by atoms with Crippen LogP contribution in [0.2, 0.25) is 0 Å². The molecule has 0 aliphatic heterocycles. The van der Waals surface area contributed by atoms with E-state index in [4.69, 9.17) is 5.11 Å². The van der Waals surface area contributed by atoms with Gasteiger partial charge in [-0.25, -0.2) is 22.9 Å². The van der Waals surface area contributed by atoms with Gasteiger partial charge in [0.1, 0.15) is 0 Å². The molecule has 1 aromatic rings. The third-order valence-corrected chi connectivity index (χ3v) is 4.83. The van der Waals surface area contributed by atoms with Crippen molar-refractivity contribution in [3.8, 4) is 0 Å². The predicted molar refractivity (Wildman–Crippen MR) is 75.8 cm³/mol. The minimum absolute atomic E-state index is 0.0454. The molecule has 1 heterocycles. The molecular weight excluding hydrogens is 320 g/mol. The zero-order valence-electron chi connectivity index (χ0n) is 11.4. The van der Waals surface area contributed by atoms with Crippen molar-refractivity contribution in [3.63, 3.8) is 0 Å². The first-order valence-electron chi connectivity index (χ1n) is 6.06. The van der Waals surface area contributed by atoms with E-state index in [1.165, 1.54) is 23.8 Å². The van der Waals surface area contributed by atoms with Gasteiger partial charge in [-0.15, -0.1) is 11.3 Å². The number of hydrogen-bond donors (Lipinski definition) is 2. The van der Waals surface area contributed by atoms with E-state index in [1.54, 1.807) is 0 Å². The van der Waals surface area contributed by atoms with Crippen LogP contribution in [0.15, 0.2) is 5.38 Å². The zero-order chi connectivity index (χ0) is 15.9. The maximum absolute atomic E-state index is 11.6. The molecule has 0 unspecified atom stereocenters. The van der Waals surface area contributed by atoms with Crippen molar-refractivity contribution in [2.75, 3.05) is 19.4 Å². The lowest BCUT2D eigenvalue weighted by atomic mass is 10.3. The highest BCUT2D eigenvalue weighted by molar-refractivity contribution is 7.89. The van der Waals surface area contributed by atoms with Crippen molar-refractivity contribution >= 4 is 33.3 Å². The maximum atomic E-state index is 11.6. The van der Waals surface area contributed by atoms with Crippen LogP contribution < -0.4 is 4.72 Å². The van der Waals surface area contributed by atoms with Gasteiger partial charge in [0, 0.05) is 24.8 Å². The molecule has 8 nitrogen and oxygen atoms in total. The van der Waals surface area contributed by atoms with Gasteiger partial charge in [0.05, 0.1) is 17.9 Å². The molecule has 0 fully saturated rings. The van der Waals surface area contributed by atoms with Gasteiger partial charge in [-0.1, -0.05) is 0 Å². The minimum atomic E-state index is -3.46. The van der Waals surface area contributed by atoms with Crippen LogP contribution in [0.25, 0.3) is 0 Å². The fraction of sp³-hybridized carbons (Fsp3) is 0.545. The number of methoxy groups -OCH3 is 1. The van der Waals surface area contributed by atoms with Crippen LogP contribution in [0.5, 0.6) is 0 Å². The molecule has 0 amide bonds. The lowest BCUT2D eigenvalue weighted by molar-refractivity contribution is -0.140. The van der Waals surface area contributed by atoms with E-state index in [2.05, 4.69) is 14.4 Å². The Morgan fingerprint density at radius 3 is 2.76 bits per heavy atom. The molecule has 2 N–H and O–H groups in total. The maximum Gasteiger partial charge on any atom is 0.355 e. The molecule has 0 saturated carbocycles. The molecule has 0 saturated heterocycles. The molecule has 0 radical (unpaired) electrons. The Hall–Kier alpha value is -1.52. The molecule has 0 aromatic carbocycles. The lowest BCUT2D eigenvalue weighted by Gasteiger charge is -2.05. The summed E-state index contributed by atoms with van der Waals surface area (Å²) in [6, 6.07) is 0. The van der Waals surface area contributed by atoms with E-state index in [0.717, 1.165) is 0 Å². The average molecular weight is 336 g/mol. The number of rotatable bonds is 9. The van der Waals surface area contributed by atoms with Crippen LogP contribution in [0.1, 0.15) is 28.3 Å². The Bertz CT molecular complexity index is 596. The summed E-state index contributed by atoms with van der Waals surface area (Å²) in [5.41, 5.74) is -0.0454. The summed E-state index contributed by atoms with van der Waals surface area (Å²) in [7, 11) is -2.22. The number of nitrogens with zero attached hydrogens (tertiary/aromatic N) is 1. The van der Waals surface area contributed by atoms with Gasteiger partial charge in [-0.05, 0) is 6.42 Å². The van der Waals surface area contributed by atoms with Gasteiger partial charge in [0.2, 0.25) is 10.0 Å². The summed E-state index contributed by atoms with van der Waals surface area (Å²) < 4.78 is 30.1. The van der Waals surface area contributed by atoms with Crippen molar-refractivity contribution in [2.45, 2.75) is 19.3 Å². The van der Waals surface area contributed by atoms with Gasteiger partial charge in [-0.2, -0.15) is 0 Å². The van der Waals surface area contributed by atoms with Crippen molar-refractivity contribution in [2.24, 2.45) is 0 Å². The number of sulfonamides is 1. The average Bonchev–Trinajstić information content (AvgIpc) is 2.87. The van der Waals surface area contributed by atoms with Crippen molar-refractivity contribution in [1.29, 1.82) is 0 Å². The first-order valence-corrected chi connectivity index (χ1v) is 8.59. The Labute approximate surface area is 126 Å². The molecule has 0 aliphatic carbocycles. The highest BCUT2D eigenvalue weighted by Gasteiger charge is 2.13. The second-order valence-corrected chi connectivity index (χ2v) is 6.94. The third kappa shape index (κ3) is 6.65. The lowest BCUT2D eigenvalue weighted by Crippen LogP contribution is -2.28. The highest BCUT2D eigenvalue weighted by Crippen LogP contribution is 2.10. The topological polar surface area (TPSA) is 123 Å².